The van der Waals surface area contributed by atoms with E-state index in [0.29, 0.717) is 47.3 Å². The molecular formula is C86H108N4O2Y2. The Hall–Kier alpha value is -5.87. The minimum absolute atomic E-state index is 0. The zero-order valence-corrected chi connectivity index (χ0v) is 65.3. The van der Waals surface area contributed by atoms with Gasteiger partial charge in [0.2, 0.25) is 0 Å². The van der Waals surface area contributed by atoms with Gasteiger partial charge in [-0.25, -0.2) is 0 Å². The van der Waals surface area contributed by atoms with E-state index in [2.05, 4.69) is 244 Å². The molecule has 8 aromatic carbocycles. The van der Waals surface area contributed by atoms with Gasteiger partial charge in [-0.2, -0.15) is 11.1 Å². The maximum Gasteiger partial charge on any atom is 3.00 e. The first kappa shape index (κ1) is 80.6. The summed E-state index contributed by atoms with van der Waals surface area (Å²) in [4.78, 5) is 10.6. The Balaban J connectivity index is 0.000000463. The number of hydrogen-bond acceptors (Lipinski definition) is 4. The van der Waals surface area contributed by atoms with Crippen LogP contribution in [0, 0.1) is 24.7 Å². The zero-order chi connectivity index (χ0) is 66.4. The van der Waals surface area contributed by atoms with E-state index in [-0.39, 0.29) is 68.3 Å². The molecule has 2 aliphatic rings. The van der Waals surface area contributed by atoms with Gasteiger partial charge in [0.05, 0.1) is 0 Å². The van der Waals surface area contributed by atoms with Gasteiger partial charge in [0.1, 0.15) is 0 Å². The summed E-state index contributed by atoms with van der Waals surface area (Å²) in [6.45, 7) is 39.8. The standard InChI is InChI=1S/2C31H39N2.C16H12.2C4H8O.2Y.2H/c2*1-20(2)25-16-12-17-26(21(3)4)29(25)32-31(24-14-10-9-11-15-24)33-30-27(22(5)6)18-13-19-28(30)23(7)8;1-3-9-15(10-4-1)13-7-8-14-16-11-5-2-6-12-16;2*1-2-4-5-3-1;;;;/h2*9-23H,1-8H3;1-6,9-14H;2*1-4H2;;;;/q2*-1;-2;;;2*+3;2*-1. The summed E-state index contributed by atoms with van der Waals surface area (Å²) in [6, 6.07) is 67.3. The maximum absolute atomic E-state index is 5.32. The van der Waals surface area contributed by atoms with Crippen LogP contribution in [0.5, 0.6) is 0 Å². The average molecular weight is 1410 g/mol. The molecule has 6 nitrogen and oxygen atoms in total. The van der Waals surface area contributed by atoms with E-state index in [4.69, 9.17) is 30.1 Å². The summed E-state index contributed by atoms with van der Waals surface area (Å²) >= 11 is 0. The summed E-state index contributed by atoms with van der Waals surface area (Å²) < 4.78 is 9.89. The van der Waals surface area contributed by atoms with Gasteiger partial charge in [-0.05, 0) is 151 Å². The number of ether oxygens (including phenoxy) is 2. The molecule has 0 amide bonds. The summed E-state index contributed by atoms with van der Waals surface area (Å²) in [6.07, 6.45) is 8.94. The van der Waals surface area contributed by atoms with E-state index in [1.165, 1.54) is 70.2 Å². The van der Waals surface area contributed by atoms with Crippen LogP contribution in [0.4, 0.5) is 22.7 Å². The van der Waals surface area contributed by atoms with Crippen LogP contribution in [0.3, 0.4) is 0 Å². The van der Waals surface area contributed by atoms with Crippen molar-refractivity contribution in [3.63, 3.8) is 0 Å². The Morgan fingerprint density at radius 1 is 0.319 bits per heavy atom. The molecule has 0 spiro atoms. The molecule has 0 radical (unpaired) electrons. The Morgan fingerprint density at radius 3 is 0.755 bits per heavy atom. The van der Waals surface area contributed by atoms with Gasteiger partial charge < -0.3 is 32.9 Å². The van der Waals surface area contributed by atoms with Crippen molar-refractivity contribution in [3.8, 4) is 11.8 Å². The van der Waals surface area contributed by atoms with Gasteiger partial charge in [0.15, 0.2) is 0 Å². The molecule has 2 saturated heterocycles. The molecule has 10 rings (SSSR count). The number of para-hydroxylation sites is 4. The predicted molar refractivity (Wildman–Crippen MR) is 400 cm³/mol. The Kier molecular flexibility index (Phi) is 37.1. The number of hydrogen-bond donors (Lipinski definition) is 0. The minimum atomic E-state index is 0. The monoisotopic (exact) mass is 1410 g/mol. The number of nitrogens with zero attached hydrogens (tertiary/aromatic N) is 4. The quantitative estimate of drug-likeness (QED) is 0.0419. The van der Waals surface area contributed by atoms with E-state index in [1.807, 2.05) is 85.6 Å². The van der Waals surface area contributed by atoms with Crippen LogP contribution >= 0.6 is 0 Å². The molecule has 0 bridgehead atoms. The average Bonchev–Trinajstić information content (AvgIpc) is 0.921. The maximum atomic E-state index is 5.32. The predicted octanol–water partition coefficient (Wildman–Crippen LogP) is 25.2. The summed E-state index contributed by atoms with van der Waals surface area (Å²) in [7, 11) is 0. The van der Waals surface area contributed by atoms with Crippen molar-refractivity contribution in [1.82, 2.24) is 0 Å². The second-order valence-electron chi connectivity index (χ2n) is 26.2. The van der Waals surface area contributed by atoms with Crippen LogP contribution in [0.2, 0.25) is 0 Å². The summed E-state index contributed by atoms with van der Waals surface area (Å²) in [5, 5.41) is 10.6. The minimum Gasteiger partial charge on any atom is -1.00 e. The van der Waals surface area contributed by atoms with E-state index in [9.17, 15) is 0 Å². The van der Waals surface area contributed by atoms with Crippen LogP contribution in [0.15, 0.2) is 204 Å². The third-order valence-electron chi connectivity index (χ3n) is 16.1. The van der Waals surface area contributed by atoms with Gasteiger partial charge in [-0.15, -0.1) is 61.4 Å². The molecule has 8 heteroatoms. The smallest absolute Gasteiger partial charge is 1.00 e. The summed E-state index contributed by atoms with van der Waals surface area (Å²) in [5.41, 5.74) is 18.8. The topological polar surface area (TPSA) is 71.4 Å². The van der Waals surface area contributed by atoms with Crippen molar-refractivity contribution in [3.05, 3.63) is 284 Å². The molecule has 0 aromatic heterocycles. The molecule has 0 saturated carbocycles. The molecule has 0 unspecified atom stereocenters. The Labute approximate surface area is 623 Å². The molecule has 0 aliphatic carbocycles. The molecule has 8 aromatic rings. The van der Waals surface area contributed by atoms with Crippen molar-refractivity contribution < 1.29 is 77.7 Å². The number of benzene rings is 8. The Morgan fingerprint density at radius 2 is 0.543 bits per heavy atom. The van der Waals surface area contributed by atoms with E-state index >= 15 is 0 Å². The number of rotatable bonds is 16. The molecule has 2 aliphatic heterocycles. The van der Waals surface area contributed by atoms with Crippen LogP contribution < -0.4 is 0 Å². The molecule has 0 N–H and O–H groups in total. The fourth-order valence-corrected chi connectivity index (χ4v) is 10.8. The van der Waals surface area contributed by atoms with Crippen molar-refractivity contribution in [1.29, 1.82) is 0 Å². The van der Waals surface area contributed by atoms with Gasteiger partial charge in [-0.3, -0.25) is 11.8 Å². The first-order chi connectivity index (χ1) is 44.4. The number of aliphatic imine (C=N–C) groups is 2. The molecule has 94 heavy (non-hydrogen) atoms. The molecule has 2 fully saturated rings. The van der Waals surface area contributed by atoms with Crippen molar-refractivity contribution >= 4 is 34.4 Å². The van der Waals surface area contributed by atoms with E-state index < -0.39 is 0 Å². The van der Waals surface area contributed by atoms with E-state index in [0.717, 1.165) is 83.1 Å². The second kappa shape index (κ2) is 43.3. The van der Waals surface area contributed by atoms with Crippen LogP contribution in [-0.2, 0) is 74.9 Å². The first-order valence-electron chi connectivity index (χ1n) is 34.0. The van der Waals surface area contributed by atoms with Gasteiger partial charge >= 0.3 is 65.4 Å². The fraction of sp³-hybridized carbons (Fsp3) is 0.372. The SMILES string of the molecule is C(#C[CH-]c1ccccc1)[CH-]c1ccccc1.C1CCOC1.C1CCOC1.CC(C)c1cccc(C(C)C)c1N=C([N-]c1c(C(C)C)cccc1C(C)C)c1ccccc1.CC(C)c1cccc(C(C)C)c1N=C([N-]c1c(C(C)C)cccc1C(C)C)c1ccccc1.[H-].[H-].[Y+3].[Y+3]. The second-order valence-corrected chi connectivity index (χ2v) is 26.2. The van der Waals surface area contributed by atoms with Crippen LogP contribution in [0.25, 0.3) is 10.6 Å². The first-order valence-corrected chi connectivity index (χ1v) is 34.0. The molecule has 490 valence electrons. The van der Waals surface area contributed by atoms with Crippen LogP contribution in [-0.4, -0.2) is 38.1 Å². The van der Waals surface area contributed by atoms with Gasteiger partial charge in [0.25, 0.3) is 0 Å². The summed E-state index contributed by atoms with van der Waals surface area (Å²) in [5.74, 6) is 10.7. The molecular weight excluding hydrogens is 1300 g/mol. The largest absolute Gasteiger partial charge is 3.00 e. The van der Waals surface area contributed by atoms with Gasteiger partial charge in [-0.1, -0.05) is 268 Å². The third kappa shape index (κ3) is 25.9. The normalized spacial score (nSPS) is 12.7. The Bertz CT molecular complexity index is 3210. The van der Waals surface area contributed by atoms with E-state index in [1.54, 1.807) is 0 Å². The number of amidine groups is 2. The van der Waals surface area contributed by atoms with Gasteiger partial charge in [0, 0.05) is 26.4 Å². The zero-order valence-electron chi connectivity index (χ0n) is 61.7. The van der Waals surface area contributed by atoms with Crippen molar-refractivity contribution in [2.24, 2.45) is 9.98 Å². The third-order valence-corrected chi connectivity index (χ3v) is 16.1. The molecule has 0 atom stereocenters. The van der Waals surface area contributed by atoms with Crippen LogP contribution in [0.1, 0.15) is 253 Å². The van der Waals surface area contributed by atoms with Crippen molar-refractivity contribution in [2.75, 3.05) is 26.4 Å². The fourth-order valence-electron chi connectivity index (χ4n) is 10.8. The van der Waals surface area contributed by atoms with Crippen molar-refractivity contribution in [2.45, 2.75) is 184 Å². The molecule has 2 heterocycles.